The van der Waals surface area contributed by atoms with Crippen LogP contribution in [0.2, 0.25) is 0 Å². The summed E-state index contributed by atoms with van der Waals surface area (Å²) in [5.74, 6) is 1.70. The number of amides is 1. The molecule has 0 atom stereocenters. The van der Waals surface area contributed by atoms with E-state index in [1.54, 1.807) is 11.8 Å². The number of benzene rings is 2. The third-order valence-corrected chi connectivity index (χ3v) is 6.10. The van der Waals surface area contributed by atoms with E-state index in [-0.39, 0.29) is 12.5 Å². The van der Waals surface area contributed by atoms with E-state index in [4.69, 9.17) is 4.74 Å². The van der Waals surface area contributed by atoms with Crippen molar-refractivity contribution in [3.63, 3.8) is 0 Å². The SMILES string of the molecule is Cc1ccc(CSc2nnc(NC(=O)COc3ccc(C(C)C)cc3)s2)cc1. The third kappa shape index (κ3) is 6.07. The monoisotopic (exact) mass is 413 g/mol. The van der Waals surface area contributed by atoms with Crippen LogP contribution < -0.4 is 10.1 Å². The minimum Gasteiger partial charge on any atom is -0.484 e. The molecule has 0 bridgehead atoms. The van der Waals surface area contributed by atoms with Crippen molar-refractivity contribution in [2.75, 3.05) is 11.9 Å². The Labute approximate surface area is 173 Å². The molecule has 146 valence electrons. The highest BCUT2D eigenvalue weighted by Crippen LogP contribution is 2.28. The first-order valence-electron chi connectivity index (χ1n) is 9.04. The van der Waals surface area contributed by atoms with Gasteiger partial charge in [0.2, 0.25) is 5.13 Å². The van der Waals surface area contributed by atoms with E-state index in [0.717, 1.165) is 10.1 Å². The highest BCUT2D eigenvalue weighted by atomic mass is 32.2. The molecule has 0 spiro atoms. The molecule has 0 aliphatic heterocycles. The summed E-state index contributed by atoms with van der Waals surface area (Å²) in [7, 11) is 0. The lowest BCUT2D eigenvalue weighted by molar-refractivity contribution is -0.118. The molecule has 28 heavy (non-hydrogen) atoms. The molecule has 0 unspecified atom stereocenters. The van der Waals surface area contributed by atoms with Crippen molar-refractivity contribution < 1.29 is 9.53 Å². The fraction of sp³-hybridized carbons (Fsp3) is 0.286. The molecular formula is C21H23N3O2S2. The Bertz CT molecular complexity index is 906. The molecule has 0 saturated heterocycles. The van der Waals surface area contributed by atoms with Gasteiger partial charge in [0.25, 0.3) is 5.91 Å². The van der Waals surface area contributed by atoms with Crippen molar-refractivity contribution in [1.29, 1.82) is 0 Å². The molecule has 0 radical (unpaired) electrons. The summed E-state index contributed by atoms with van der Waals surface area (Å²) in [6.45, 7) is 6.28. The van der Waals surface area contributed by atoms with Crippen molar-refractivity contribution in [2.24, 2.45) is 0 Å². The first kappa shape index (κ1) is 20.4. The highest BCUT2D eigenvalue weighted by Gasteiger charge is 2.10. The average Bonchev–Trinajstić information content (AvgIpc) is 3.13. The fourth-order valence-corrected chi connectivity index (χ4v) is 4.13. The number of hydrogen-bond acceptors (Lipinski definition) is 6. The highest BCUT2D eigenvalue weighted by molar-refractivity contribution is 8.00. The molecule has 3 aromatic rings. The van der Waals surface area contributed by atoms with Crippen LogP contribution in [0.15, 0.2) is 52.9 Å². The molecule has 0 fully saturated rings. The zero-order chi connectivity index (χ0) is 19.9. The van der Waals surface area contributed by atoms with Crippen LogP contribution in [0.1, 0.15) is 36.5 Å². The number of nitrogens with one attached hydrogen (secondary N) is 1. The molecule has 3 rings (SSSR count). The number of carbonyl (C=O) groups excluding carboxylic acids is 1. The summed E-state index contributed by atoms with van der Waals surface area (Å²) in [5, 5.41) is 11.4. The second-order valence-corrected chi connectivity index (χ2v) is 8.91. The van der Waals surface area contributed by atoms with Gasteiger partial charge in [-0.05, 0) is 36.1 Å². The number of aryl methyl sites for hydroxylation is 1. The molecule has 0 aliphatic carbocycles. The second-order valence-electron chi connectivity index (χ2n) is 6.71. The van der Waals surface area contributed by atoms with Crippen molar-refractivity contribution >= 4 is 34.1 Å². The molecule has 2 aromatic carbocycles. The van der Waals surface area contributed by atoms with E-state index in [2.05, 4.69) is 60.6 Å². The van der Waals surface area contributed by atoms with Gasteiger partial charge < -0.3 is 4.74 Å². The number of ether oxygens (including phenoxy) is 1. The Balaban J connectivity index is 1.44. The Morgan fingerprint density at radius 2 is 1.82 bits per heavy atom. The summed E-state index contributed by atoms with van der Waals surface area (Å²) >= 11 is 2.97. The van der Waals surface area contributed by atoms with Gasteiger partial charge >= 0.3 is 0 Å². The van der Waals surface area contributed by atoms with E-state index in [1.165, 1.54) is 28.0 Å². The Morgan fingerprint density at radius 1 is 1.11 bits per heavy atom. The van der Waals surface area contributed by atoms with Gasteiger partial charge in [-0.1, -0.05) is 78.9 Å². The molecule has 7 heteroatoms. The van der Waals surface area contributed by atoms with Crippen LogP contribution in [0.3, 0.4) is 0 Å². The van der Waals surface area contributed by atoms with Gasteiger partial charge in [0.1, 0.15) is 5.75 Å². The number of rotatable bonds is 8. The van der Waals surface area contributed by atoms with E-state index >= 15 is 0 Å². The van der Waals surface area contributed by atoms with Gasteiger partial charge in [-0.25, -0.2) is 0 Å². The smallest absolute Gasteiger partial charge is 0.264 e. The van der Waals surface area contributed by atoms with Crippen molar-refractivity contribution in [1.82, 2.24) is 10.2 Å². The lowest BCUT2D eigenvalue weighted by Gasteiger charge is -2.08. The molecule has 5 nitrogen and oxygen atoms in total. The number of anilines is 1. The molecule has 1 amide bonds. The molecule has 1 N–H and O–H groups in total. The molecule has 1 heterocycles. The number of hydrogen-bond donors (Lipinski definition) is 1. The predicted octanol–water partition coefficient (Wildman–Crippen LogP) is 5.28. The normalized spacial score (nSPS) is 10.9. The maximum atomic E-state index is 12.1. The van der Waals surface area contributed by atoms with Crippen LogP contribution in [0.25, 0.3) is 0 Å². The van der Waals surface area contributed by atoms with Crippen molar-refractivity contribution in [3.05, 3.63) is 65.2 Å². The van der Waals surface area contributed by atoms with E-state index in [1.807, 2.05) is 24.3 Å². The number of aromatic nitrogens is 2. The maximum Gasteiger partial charge on any atom is 0.264 e. The predicted molar refractivity (Wildman–Crippen MR) is 115 cm³/mol. The van der Waals surface area contributed by atoms with Crippen LogP contribution in [0, 0.1) is 6.92 Å². The number of nitrogens with zero attached hydrogens (tertiary/aromatic N) is 2. The van der Waals surface area contributed by atoms with Gasteiger partial charge in [0.15, 0.2) is 10.9 Å². The lowest BCUT2D eigenvalue weighted by Crippen LogP contribution is -2.20. The van der Waals surface area contributed by atoms with Crippen LogP contribution in [-0.2, 0) is 10.5 Å². The molecule has 1 aromatic heterocycles. The van der Waals surface area contributed by atoms with Gasteiger partial charge in [-0.3, -0.25) is 10.1 Å². The molecule has 0 aliphatic rings. The van der Waals surface area contributed by atoms with Crippen molar-refractivity contribution in [2.45, 2.75) is 36.8 Å². The Hall–Kier alpha value is -2.38. The average molecular weight is 414 g/mol. The van der Waals surface area contributed by atoms with Crippen LogP contribution in [-0.4, -0.2) is 22.7 Å². The van der Waals surface area contributed by atoms with Crippen LogP contribution >= 0.6 is 23.1 Å². The van der Waals surface area contributed by atoms with E-state index in [9.17, 15) is 4.79 Å². The van der Waals surface area contributed by atoms with E-state index in [0.29, 0.717) is 16.8 Å². The van der Waals surface area contributed by atoms with Gasteiger partial charge in [-0.15, -0.1) is 10.2 Å². The Morgan fingerprint density at radius 3 is 2.50 bits per heavy atom. The first-order chi connectivity index (χ1) is 13.5. The van der Waals surface area contributed by atoms with Crippen LogP contribution in [0.4, 0.5) is 5.13 Å². The maximum absolute atomic E-state index is 12.1. The van der Waals surface area contributed by atoms with Gasteiger partial charge in [0.05, 0.1) is 0 Å². The summed E-state index contributed by atoms with van der Waals surface area (Å²) in [6, 6.07) is 16.2. The Kier molecular flexibility index (Phi) is 7.06. The summed E-state index contributed by atoms with van der Waals surface area (Å²) in [5.41, 5.74) is 3.71. The number of thioether (sulfide) groups is 1. The second kappa shape index (κ2) is 9.71. The van der Waals surface area contributed by atoms with Gasteiger partial charge in [-0.2, -0.15) is 0 Å². The van der Waals surface area contributed by atoms with Gasteiger partial charge in [0, 0.05) is 5.75 Å². The largest absolute Gasteiger partial charge is 0.484 e. The first-order valence-corrected chi connectivity index (χ1v) is 10.8. The minimum atomic E-state index is -0.251. The number of carbonyl (C=O) groups is 1. The standard InChI is InChI=1S/C21H23N3O2S2/c1-14(2)17-8-10-18(11-9-17)26-12-19(25)22-20-23-24-21(28-20)27-13-16-6-4-15(3)5-7-16/h4-11,14H,12-13H2,1-3H3,(H,22,23,25). The summed E-state index contributed by atoms with van der Waals surface area (Å²) in [6.07, 6.45) is 0. The van der Waals surface area contributed by atoms with Crippen LogP contribution in [0.5, 0.6) is 5.75 Å². The fourth-order valence-electron chi connectivity index (χ4n) is 2.40. The topological polar surface area (TPSA) is 64.1 Å². The minimum absolute atomic E-state index is 0.0630. The zero-order valence-electron chi connectivity index (χ0n) is 16.1. The molecule has 0 saturated carbocycles. The quantitative estimate of drug-likeness (QED) is 0.402. The van der Waals surface area contributed by atoms with Crippen molar-refractivity contribution in [3.8, 4) is 5.75 Å². The molecular weight excluding hydrogens is 390 g/mol. The third-order valence-electron chi connectivity index (χ3n) is 4.05. The zero-order valence-corrected chi connectivity index (χ0v) is 17.8. The lowest BCUT2D eigenvalue weighted by atomic mass is 10.0. The summed E-state index contributed by atoms with van der Waals surface area (Å²) < 4.78 is 6.36. The summed E-state index contributed by atoms with van der Waals surface area (Å²) in [4.78, 5) is 12.1. The van der Waals surface area contributed by atoms with E-state index < -0.39 is 0 Å².